The fraction of sp³-hybridized carbons (Fsp3) is 0.200. The van der Waals surface area contributed by atoms with Crippen molar-refractivity contribution in [3.63, 3.8) is 0 Å². The lowest BCUT2D eigenvalue weighted by Crippen LogP contribution is -2.34. The standard InChI is InChI=1S/C20H15N5O3/c1-13-18(20(26)24(23-13)15-7-3-2-4-8-15)19(14(11-21)12-22)16-9-5-6-10-17(16)25(27)28/h2-10,14,18-19H,1H3. The van der Waals surface area contributed by atoms with Crippen molar-refractivity contribution < 1.29 is 9.72 Å². The van der Waals surface area contributed by atoms with Crippen LogP contribution in [0, 0.1) is 44.6 Å². The Kier molecular flexibility index (Phi) is 5.14. The molecule has 0 radical (unpaired) electrons. The SMILES string of the molecule is CC1=NN(c2ccccc2)C(=O)C1C(c1ccccc1[N+](=O)[O-])C(C#N)C#N. The summed E-state index contributed by atoms with van der Waals surface area (Å²) >= 11 is 0. The zero-order valence-electron chi connectivity index (χ0n) is 14.9. The number of amides is 1. The van der Waals surface area contributed by atoms with Crippen molar-refractivity contribution in [2.24, 2.45) is 16.9 Å². The summed E-state index contributed by atoms with van der Waals surface area (Å²) in [6.45, 7) is 1.62. The van der Waals surface area contributed by atoms with Crippen LogP contribution in [0.2, 0.25) is 0 Å². The molecule has 138 valence electrons. The van der Waals surface area contributed by atoms with Crippen LogP contribution in [0.5, 0.6) is 0 Å². The number of hydrogen-bond acceptors (Lipinski definition) is 6. The summed E-state index contributed by atoms with van der Waals surface area (Å²) in [6.07, 6.45) is 0. The fourth-order valence-electron chi connectivity index (χ4n) is 3.42. The average Bonchev–Trinajstić information content (AvgIpc) is 3.01. The maximum absolute atomic E-state index is 13.2. The number of nitro groups is 1. The van der Waals surface area contributed by atoms with E-state index >= 15 is 0 Å². The number of rotatable bonds is 5. The summed E-state index contributed by atoms with van der Waals surface area (Å²) in [7, 11) is 0. The molecule has 0 aromatic heterocycles. The highest BCUT2D eigenvalue weighted by molar-refractivity contribution is 6.15. The van der Waals surface area contributed by atoms with Gasteiger partial charge >= 0.3 is 0 Å². The number of carbonyl (C=O) groups excluding carboxylic acids is 1. The van der Waals surface area contributed by atoms with Crippen molar-refractivity contribution in [2.45, 2.75) is 12.8 Å². The van der Waals surface area contributed by atoms with Gasteiger partial charge in [-0.1, -0.05) is 36.4 Å². The van der Waals surface area contributed by atoms with E-state index in [9.17, 15) is 25.4 Å². The molecule has 0 bridgehead atoms. The summed E-state index contributed by atoms with van der Waals surface area (Å²) in [6, 6.07) is 18.4. The fourth-order valence-corrected chi connectivity index (χ4v) is 3.42. The smallest absolute Gasteiger partial charge is 0.272 e. The molecule has 2 aromatic rings. The molecule has 3 rings (SSSR count). The van der Waals surface area contributed by atoms with Gasteiger partial charge in [-0.3, -0.25) is 14.9 Å². The second-order valence-corrected chi connectivity index (χ2v) is 6.28. The normalized spacial score (nSPS) is 17.0. The third-order valence-electron chi connectivity index (χ3n) is 4.67. The van der Waals surface area contributed by atoms with Crippen LogP contribution in [-0.4, -0.2) is 16.5 Å². The summed E-state index contributed by atoms with van der Waals surface area (Å²) < 4.78 is 0. The highest BCUT2D eigenvalue weighted by Gasteiger charge is 2.46. The van der Waals surface area contributed by atoms with Crippen LogP contribution in [-0.2, 0) is 4.79 Å². The Hall–Kier alpha value is -4.04. The van der Waals surface area contributed by atoms with Crippen LogP contribution >= 0.6 is 0 Å². The monoisotopic (exact) mass is 373 g/mol. The number of nitriles is 2. The maximum atomic E-state index is 13.2. The molecule has 2 atom stereocenters. The van der Waals surface area contributed by atoms with Crippen molar-refractivity contribution in [1.29, 1.82) is 10.5 Å². The molecule has 1 heterocycles. The van der Waals surface area contributed by atoms with Crippen LogP contribution in [0.1, 0.15) is 18.4 Å². The highest BCUT2D eigenvalue weighted by atomic mass is 16.6. The lowest BCUT2D eigenvalue weighted by molar-refractivity contribution is -0.385. The van der Waals surface area contributed by atoms with Gasteiger partial charge in [0.2, 0.25) is 0 Å². The van der Waals surface area contributed by atoms with Crippen molar-refractivity contribution >= 4 is 23.0 Å². The number of nitrogens with zero attached hydrogens (tertiary/aromatic N) is 5. The Morgan fingerprint density at radius 3 is 2.32 bits per heavy atom. The van der Waals surface area contributed by atoms with E-state index in [4.69, 9.17) is 0 Å². The number of para-hydroxylation sites is 2. The van der Waals surface area contributed by atoms with Gasteiger partial charge in [-0.2, -0.15) is 15.6 Å². The Morgan fingerprint density at radius 2 is 1.71 bits per heavy atom. The number of anilines is 1. The molecule has 2 unspecified atom stereocenters. The van der Waals surface area contributed by atoms with E-state index in [1.165, 1.54) is 23.2 Å². The van der Waals surface area contributed by atoms with Gasteiger partial charge in [-0.25, -0.2) is 5.01 Å². The summed E-state index contributed by atoms with van der Waals surface area (Å²) in [5, 5.41) is 36.0. The Bertz CT molecular complexity index is 1020. The number of hydrogen-bond donors (Lipinski definition) is 0. The van der Waals surface area contributed by atoms with Gasteiger partial charge < -0.3 is 0 Å². The molecular formula is C20H15N5O3. The summed E-state index contributed by atoms with van der Waals surface area (Å²) in [4.78, 5) is 24.1. The van der Waals surface area contributed by atoms with Gasteiger partial charge in [-0.15, -0.1) is 0 Å². The summed E-state index contributed by atoms with van der Waals surface area (Å²) in [5.41, 5.74) is 0.874. The van der Waals surface area contributed by atoms with Gasteiger partial charge in [0.05, 0.1) is 28.7 Å². The van der Waals surface area contributed by atoms with Crippen LogP contribution in [0.15, 0.2) is 59.7 Å². The van der Waals surface area contributed by atoms with Gasteiger partial charge in [0, 0.05) is 23.3 Å². The number of hydrazone groups is 1. The molecule has 1 aliphatic rings. The van der Waals surface area contributed by atoms with E-state index in [1.807, 2.05) is 12.1 Å². The maximum Gasteiger partial charge on any atom is 0.272 e. The Balaban J connectivity index is 2.12. The third kappa shape index (κ3) is 3.19. The van der Waals surface area contributed by atoms with Crippen LogP contribution in [0.4, 0.5) is 11.4 Å². The predicted molar refractivity (Wildman–Crippen MR) is 101 cm³/mol. The molecule has 0 N–H and O–H groups in total. The zero-order valence-corrected chi connectivity index (χ0v) is 14.9. The van der Waals surface area contributed by atoms with E-state index in [0.717, 1.165) is 0 Å². The average molecular weight is 373 g/mol. The topological polar surface area (TPSA) is 123 Å². The minimum Gasteiger partial charge on any atom is -0.272 e. The molecule has 1 aliphatic heterocycles. The lowest BCUT2D eigenvalue weighted by Gasteiger charge is -2.24. The van der Waals surface area contributed by atoms with Gasteiger partial charge in [0.15, 0.2) is 0 Å². The molecule has 28 heavy (non-hydrogen) atoms. The lowest BCUT2D eigenvalue weighted by atomic mass is 9.75. The number of carbonyl (C=O) groups is 1. The van der Waals surface area contributed by atoms with Gasteiger partial charge in [0.25, 0.3) is 11.6 Å². The second-order valence-electron chi connectivity index (χ2n) is 6.28. The minimum absolute atomic E-state index is 0.170. The molecule has 0 saturated carbocycles. The van der Waals surface area contributed by atoms with E-state index < -0.39 is 28.6 Å². The van der Waals surface area contributed by atoms with Crippen LogP contribution in [0.3, 0.4) is 0 Å². The third-order valence-corrected chi connectivity index (χ3v) is 4.67. The number of benzene rings is 2. The van der Waals surface area contributed by atoms with Gasteiger partial charge in [0.1, 0.15) is 5.92 Å². The molecule has 0 aliphatic carbocycles. The van der Waals surface area contributed by atoms with Crippen molar-refractivity contribution in [2.75, 3.05) is 5.01 Å². The predicted octanol–water partition coefficient (Wildman–Crippen LogP) is 3.38. The van der Waals surface area contributed by atoms with Crippen LogP contribution in [0.25, 0.3) is 0 Å². The first-order valence-electron chi connectivity index (χ1n) is 8.46. The van der Waals surface area contributed by atoms with Crippen molar-refractivity contribution in [3.05, 3.63) is 70.3 Å². The first-order valence-corrected chi connectivity index (χ1v) is 8.46. The van der Waals surface area contributed by atoms with Gasteiger partial charge in [-0.05, 0) is 19.1 Å². The largest absolute Gasteiger partial charge is 0.272 e. The molecule has 8 nitrogen and oxygen atoms in total. The zero-order chi connectivity index (χ0) is 20.3. The molecular weight excluding hydrogens is 358 g/mol. The second kappa shape index (κ2) is 7.68. The summed E-state index contributed by atoms with van der Waals surface area (Å²) in [5.74, 6) is -3.65. The first-order chi connectivity index (χ1) is 13.5. The molecule has 0 spiro atoms. The van der Waals surface area contributed by atoms with E-state index in [1.54, 1.807) is 43.3 Å². The Morgan fingerprint density at radius 1 is 1.11 bits per heavy atom. The van der Waals surface area contributed by atoms with Crippen molar-refractivity contribution in [1.82, 2.24) is 0 Å². The van der Waals surface area contributed by atoms with Crippen molar-refractivity contribution in [3.8, 4) is 12.1 Å². The first kappa shape index (κ1) is 18.7. The van der Waals surface area contributed by atoms with E-state index in [-0.39, 0.29) is 11.3 Å². The quantitative estimate of drug-likeness (QED) is 0.587. The highest BCUT2D eigenvalue weighted by Crippen LogP contribution is 2.41. The number of nitro benzene ring substituents is 1. The van der Waals surface area contributed by atoms with E-state index in [0.29, 0.717) is 11.4 Å². The Labute approximate surface area is 161 Å². The molecule has 0 fully saturated rings. The van der Waals surface area contributed by atoms with Crippen LogP contribution < -0.4 is 5.01 Å². The molecule has 0 saturated heterocycles. The molecule has 1 amide bonds. The minimum atomic E-state index is -1.25. The molecule has 8 heteroatoms. The molecule has 2 aromatic carbocycles. The van der Waals surface area contributed by atoms with E-state index in [2.05, 4.69) is 5.10 Å².